The first-order chi connectivity index (χ1) is 10.2. The summed E-state index contributed by atoms with van der Waals surface area (Å²) in [5.74, 6) is 1.18. The van der Waals surface area contributed by atoms with E-state index in [4.69, 9.17) is 0 Å². The molecule has 5 nitrogen and oxygen atoms in total. The maximum atomic E-state index is 12.3. The van der Waals surface area contributed by atoms with E-state index in [9.17, 15) is 10.1 Å². The quantitative estimate of drug-likeness (QED) is 0.886. The van der Waals surface area contributed by atoms with E-state index in [1.807, 2.05) is 19.1 Å². The summed E-state index contributed by atoms with van der Waals surface area (Å²) < 4.78 is 1.40. The van der Waals surface area contributed by atoms with E-state index in [0.717, 1.165) is 37.1 Å². The lowest BCUT2D eigenvalue weighted by molar-refractivity contribution is 0.542. The number of fused-ring (bicyclic) bond motifs is 1. The molecule has 0 saturated heterocycles. The first-order valence-corrected chi connectivity index (χ1v) is 7.70. The normalized spacial score (nSPS) is 12.5. The number of nitrogens with zero attached hydrogens (tertiary/aromatic N) is 3. The van der Waals surface area contributed by atoms with Crippen LogP contribution in [-0.2, 0) is 6.42 Å². The predicted octanol–water partition coefficient (Wildman–Crippen LogP) is 3.14. The number of aryl methyl sites for hydroxylation is 1. The van der Waals surface area contributed by atoms with Crippen molar-refractivity contribution >= 4 is 5.65 Å². The standard InChI is InChI=1S/C16H22N4O/c1-4-7-8-11(5-2)15-18-14-9-12(6-3)13(10-17)16(21)20(14)19-15/h9,11H,4-8H2,1-3H3,(H,18,19). The van der Waals surface area contributed by atoms with Crippen LogP contribution >= 0.6 is 0 Å². The van der Waals surface area contributed by atoms with Gasteiger partial charge in [0.1, 0.15) is 17.5 Å². The molecule has 0 aliphatic carbocycles. The van der Waals surface area contributed by atoms with Crippen molar-refractivity contribution < 1.29 is 0 Å². The molecule has 0 amide bonds. The van der Waals surface area contributed by atoms with E-state index in [2.05, 4.69) is 23.9 Å². The highest BCUT2D eigenvalue weighted by atomic mass is 16.1. The van der Waals surface area contributed by atoms with Crippen LogP contribution in [0, 0.1) is 11.3 Å². The fourth-order valence-electron chi connectivity index (χ4n) is 2.66. The molecule has 0 aliphatic rings. The van der Waals surface area contributed by atoms with E-state index in [0.29, 0.717) is 18.0 Å². The van der Waals surface area contributed by atoms with Gasteiger partial charge in [-0.25, -0.2) is 4.98 Å². The topological polar surface area (TPSA) is 73.9 Å². The van der Waals surface area contributed by atoms with Crippen LogP contribution < -0.4 is 5.56 Å². The average Bonchev–Trinajstić information content (AvgIpc) is 2.92. The number of H-pyrrole nitrogens is 1. The molecule has 0 aromatic carbocycles. The molecule has 1 unspecified atom stereocenters. The van der Waals surface area contributed by atoms with Gasteiger partial charge in [-0.15, -0.1) is 0 Å². The monoisotopic (exact) mass is 286 g/mol. The largest absolute Gasteiger partial charge is 0.289 e. The van der Waals surface area contributed by atoms with Crippen molar-refractivity contribution in [3.8, 4) is 6.07 Å². The third-order valence-corrected chi connectivity index (χ3v) is 4.01. The van der Waals surface area contributed by atoms with Crippen molar-refractivity contribution in [2.24, 2.45) is 0 Å². The molecule has 0 aliphatic heterocycles. The van der Waals surface area contributed by atoms with Gasteiger partial charge in [-0.05, 0) is 30.9 Å². The van der Waals surface area contributed by atoms with E-state index in [-0.39, 0.29) is 11.1 Å². The number of hydrogen-bond donors (Lipinski definition) is 1. The van der Waals surface area contributed by atoms with Crippen LogP contribution in [0.3, 0.4) is 0 Å². The Morgan fingerprint density at radius 3 is 2.76 bits per heavy atom. The summed E-state index contributed by atoms with van der Waals surface area (Å²) in [7, 11) is 0. The molecule has 1 N–H and O–H groups in total. The number of pyridine rings is 1. The smallest absolute Gasteiger partial charge is 0.276 e. The summed E-state index contributed by atoms with van der Waals surface area (Å²) in [6, 6.07) is 3.85. The fourth-order valence-corrected chi connectivity index (χ4v) is 2.66. The molecular weight excluding hydrogens is 264 g/mol. The van der Waals surface area contributed by atoms with Crippen molar-refractivity contribution in [2.45, 2.75) is 58.8 Å². The molecule has 5 heteroatoms. The Bertz CT molecular complexity index is 720. The second-order valence-electron chi connectivity index (χ2n) is 5.36. The minimum Gasteiger partial charge on any atom is -0.276 e. The Labute approximate surface area is 124 Å². The Hall–Kier alpha value is -2.09. The number of unbranched alkanes of at least 4 members (excludes halogenated alkanes) is 1. The molecule has 0 bridgehead atoms. The fraction of sp³-hybridized carbons (Fsp3) is 0.562. The minimum atomic E-state index is -0.295. The van der Waals surface area contributed by atoms with E-state index < -0.39 is 0 Å². The van der Waals surface area contributed by atoms with Gasteiger partial charge >= 0.3 is 0 Å². The summed E-state index contributed by atoms with van der Waals surface area (Å²) in [5, 5.41) is 12.3. The van der Waals surface area contributed by atoms with Crippen LogP contribution in [-0.4, -0.2) is 14.6 Å². The Morgan fingerprint density at radius 2 is 2.19 bits per heavy atom. The van der Waals surface area contributed by atoms with Crippen LogP contribution in [0.5, 0.6) is 0 Å². The van der Waals surface area contributed by atoms with Crippen molar-refractivity contribution in [3.63, 3.8) is 0 Å². The van der Waals surface area contributed by atoms with Gasteiger partial charge in [0.25, 0.3) is 5.56 Å². The molecule has 0 spiro atoms. The summed E-state index contributed by atoms with van der Waals surface area (Å²) >= 11 is 0. The third kappa shape index (κ3) is 2.85. The zero-order chi connectivity index (χ0) is 15.4. The number of hydrogen-bond acceptors (Lipinski definition) is 3. The molecule has 0 saturated carbocycles. The molecule has 0 fully saturated rings. The molecule has 21 heavy (non-hydrogen) atoms. The lowest BCUT2D eigenvalue weighted by atomic mass is 9.99. The van der Waals surface area contributed by atoms with Gasteiger partial charge in [0.05, 0.1) is 0 Å². The number of aromatic nitrogens is 3. The number of nitrogens with one attached hydrogen (secondary N) is 1. The van der Waals surface area contributed by atoms with E-state index >= 15 is 0 Å². The summed E-state index contributed by atoms with van der Waals surface area (Å²) in [6.07, 6.45) is 5.00. The molecule has 2 aromatic heterocycles. The summed E-state index contributed by atoms with van der Waals surface area (Å²) in [6.45, 7) is 6.24. The second kappa shape index (κ2) is 6.57. The third-order valence-electron chi connectivity index (χ3n) is 4.01. The molecule has 2 aromatic rings. The molecular formula is C16H22N4O. The number of rotatable bonds is 6. The number of nitriles is 1. The molecule has 2 heterocycles. The van der Waals surface area contributed by atoms with Crippen LogP contribution in [0.4, 0.5) is 0 Å². The first kappa shape index (κ1) is 15.3. The molecule has 2 rings (SSSR count). The van der Waals surface area contributed by atoms with Gasteiger partial charge in [0.2, 0.25) is 0 Å². The van der Waals surface area contributed by atoms with Crippen LogP contribution in [0.15, 0.2) is 10.9 Å². The van der Waals surface area contributed by atoms with Gasteiger partial charge < -0.3 is 0 Å². The van der Waals surface area contributed by atoms with Crippen molar-refractivity contribution in [3.05, 3.63) is 33.4 Å². The average molecular weight is 286 g/mol. The molecule has 112 valence electrons. The van der Waals surface area contributed by atoms with E-state index in [1.54, 1.807) is 0 Å². The highest BCUT2D eigenvalue weighted by Gasteiger charge is 2.17. The summed E-state index contributed by atoms with van der Waals surface area (Å²) in [4.78, 5) is 16.9. The minimum absolute atomic E-state index is 0.215. The van der Waals surface area contributed by atoms with Gasteiger partial charge in [-0.1, -0.05) is 33.6 Å². The Morgan fingerprint density at radius 1 is 1.43 bits per heavy atom. The lowest BCUT2D eigenvalue weighted by Crippen LogP contribution is -2.19. The summed E-state index contributed by atoms with van der Waals surface area (Å²) in [5.41, 5.74) is 1.30. The van der Waals surface area contributed by atoms with Gasteiger partial charge in [-0.3, -0.25) is 9.89 Å². The predicted molar refractivity (Wildman–Crippen MR) is 82.5 cm³/mol. The highest BCUT2D eigenvalue weighted by Crippen LogP contribution is 2.23. The van der Waals surface area contributed by atoms with Gasteiger partial charge in [0, 0.05) is 5.92 Å². The lowest BCUT2D eigenvalue weighted by Gasteiger charge is -2.10. The maximum absolute atomic E-state index is 12.3. The zero-order valence-electron chi connectivity index (χ0n) is 12.9. The first-order valence-electron chi connectivity index (χ1n) is 7.70. The van der Waals surface area contributed by atoms with Crippen molar-refractivity contribution in [2.75, 3.05) is 0 Å². The second-order valence-corrected chi connectivity index (χ2v) is 5.36. The molecule has 1 atom stereocenters. The van der Waals surface area contributed by atoms with E-state index in [1.165, 1.54) is 4.52 Å². The SMILES string of the molecule is CCCCC(CC)c1nc2cc(CC)c(C#N)c(=O)n2[nH]1. The van der Waals surface area contributed by atoms with Gasteiger partial charge in [-0.2, -0.15) is 9.78 Å². The molecule has 0 radical (unpaired) electrons. The zero-order valence-corrected chi connectivity index (χ0v) is 12.9. The van der Waals surface area contributed by atoms with Gasteiger partial charge in [0.15, 0.2) is 5.65 Å². The van der Waals surface area contributed by atoms with Crippen LogP contribution in [0.1, 0.15) is 69.3 Å². The number of aromatic amines is 1. The maximum Gasteiger partial charge on any atom is 0.289 e. The Balaban J connectivity index is 2.53. The van der Waals surface area contributed by atoms with Crippen molar-refractivity contribution in [1.29, 1.82) is 5.26 Å². The Kier molecular flexibility index (Phi) is 4.79. The highest BCUT2D eigenvalue weighted by molar-refractivity contribution is 5.48. The van der Waals surface area contributed by atoms with Crippen LogP contribution in [0.2, 0.25) is 0 Å². The van der Waals surface area contributed by atoms with Crippen LogP contribution in [0.25, 0.3) is 5.65 Å². The van der Waals surface area contributed by atoms with Crippen molar-refractivity contribution in [1.82, 2.24) is 14.6 Å².